The van der Waals surface area contributed by atoms with Gasteiger partial charge in [0.05, 0.1) is 6.10 Å². The SMILES string of the molecule is CCCNC(=O)[C@H]1O[C@@H](O[C@H]2[C@H](O[C@H]3CC[C@]4(C)[C@H]5C(=O)C=C6[C@@H]7C[C@@](C)(CO)CC[C@]7(C)CC[C@@]6(C)[C@]5(C)CC[C@H]4C3(C)C)O[C@H](C(=O)NCCC)[C@@H](O)[C@@H]2O)[C@H](O)[C@@H](O)[C@@H]1O. The molecule has 6 fully saturated rings. The van der Waals surface area contributed by atoms with Crippen LogP contribution in [0.25, 0.3) is 0 Å². The fourth-order valence-corrected chi connectivity index (χ4v) is 14.1. The molecule has 0 aromatic heterocycles. The predicted octanol–water partition coefficient (Wildman–Crippen LogP) is 3.04. The summed E-state index contributed by atoms with van der Waals surface area (Å²) in [5.74, 6) is -1.20. The van der Waals surface area contributed by atoms with Gasteiger partial charge in [-0.15, -0.1) is 0 Å². The van der Waals surface area contributed by atoms with Gasteiger partial charge in [-0.2, -0.15) is 0 Å². The molecule has 2 amide bonds. The Labute approximate surface area is 373 Å². The Morgan fingerprint density at radius 3 is 1.92 bits per heavy atom. The lowest BCUT2D eigenvalue weighted by Gasteiger charge is -2.70. The number of hydrogen-bond acceptors (Lipinski definition) is 13. The minimum Gasteiger partial charge on any atom is -0.396 e. The van der Waals surface area contributed by atoms with E-state index in [4.69, 9.17) is 18.9 Å². The summed E-state index contributed by atoms with van der Waals surface area (Å²) in [6.45, 7) is 20.3. The molecule has 2 heterocycles. The number of hydrogen-bond donors (Lipinski definition) is 8. The fraction of sp³-hybridized carbons (Fsp3) is 0.896. The van der Waals surface area contributed by atoms with Crippen LogP contribution in [0.5, 0.6) is 0 Å². The van der Waals surface area contributed by atoms with Gasteiger partial charge in [0.2, 0.25) is 0 Å². The Balaban J connectivity index is 1.17. The molecule has 15 heteroatoms. The van der Waals surface area contributed by atoms with E-state index in [1.165, 1.54) is 5.57 Å². The zero-order chi connectivity index (χ0) is 46.2. The van der Waals surface area contributed by atoms with Crippen molar-refractivity contribution in [3.8, 4) is 0 Å². The van der Waals surface area contributed by atoms with Gasteiger partial charge in [-0.1, -0.05) is 67.9 Å². The molecule has 19 atom stereocenters. The van der Waals surface area contributed by atoms with Crippen LogP contribution in [0.1, 0.15) is 133 Å². The minimum atomic E-state index is -1.88. The van der Waals surface area contributed by atoms with Crippen LogP contribution in [0.4, 0.5) is 0 Å². The Kier molecular flexibility index (Phi) is 13.6. The molecule has 7 aliphatic rings. The van der Waals surface area contributed by atoms with Crippen molar-refractivity contribution in [2.24, 2.45) is 50.2 Å². The average Bonchev–Trinajstić information content (AvgIpc) is 3.23. The number of aliphatic hydroxyl groups is 6. The number of ketones is 1. The lowest BCUT2D eigenvalue weighted by Crippen LogP contribution is -2.68. The standard InChI is InChI=1S/C48H78N2O13/c1-10-20-49-39(58)35-31(54)30(53)34(57)41(61-35)63-37-33(56)32(55)36(40(59)50-21-11-2)62-42(37)60-29-13-14-46(7)28(43(29,3)4)12-15-48(9)38(46)27(52)22-25-26-23-44(5,24-51)16-17-45(26,6)18-19-47(25,48)8/h22,26,28-38,41-42,51,53-57H,10-21,23-24H2,1-9H3,(H,49,58)(H,50,59)/t26-,28-,29-,30-,31-,32-,33-,34+,35-,36-,37+,38+,41-,42+,44-,45+,46-,47+,48+/m0/s1. The lowest BCUT2D eigenvalue weighted by atomic mass is 9.33. The number of carbonyl (C=O) groups excluding carboxylic acids is 3. The van der Waals surface area contributed by atoms with E-state index in [-0.39, 0.29) is 58.3 Å². The first-order valence-electron chi connectivity index (χ1n) is 23.9. The molecular weight excluding hydrogens is 813 g/mol. The van der Waals surface area contributed by atoms with E-state index in [0.717, 1.165) is 44.9 Å². The van der Waals surface area contributed by atoms with E-state index in [9.17, 15) is 45.0 Å². The fourth-order valence-electron chi connectivity index (χ4n) is 14.1. The number of allylic oxidation sites excluding steroid dienone is 2. The van der Waals surface area contributed by atoms with Crippen LogP contribution in [0.3, 0.4) is 0 Å². The third-order valence-electron chi connectivity index (χ3n) is 18.3. The van der Waals surface area contributed by atoms with Crippen molar-refractivity contribution < 1.29 is 64.0 Å². The third kappa shape index (κ3) is 7.97. The quantitative estimate of drug-likeness (QED) is 0.140. The van der Waals surface area contributed by atoms with Crippen LogP contribution in [-0.2, 0) is 33.3 Å². The van der Waals surface area contributed by atoms with E-state index < -0.39 is 90.2 Å². The van der Waals surface area contributed by atoms with Crippen LogP contribution in [0, 0.1) is 50.2 Å². The first-order valence-corrected chi connectivity index (χ1v) is 23.9. The van der Waals surface area contributed by atoms with Crippen LogP contribution in [-0.4, -0.2) is 135 Å². The minimum absolute atomic E-state index is 0.00944. The van der Waals surface area contributed by atoms with Crippen molar-refractivity contribution in [3.63, 3.8) is 0 Å². The molecular formula is C48H78N2O13. The van der Waals surface area contributed by atoms with Crippen LogP contribution in [0.15, 0.2) is 11.6 Å². The van der Waals surface area contributed by atoms with Crippen molar-refractivity contribution in [2.45, 2.75) is 200 Å². The van der Waals surface area contributed by atoms with Crippen molar-refractivity contribution in [1.29, 1.82) is 0 Å². The molecule has 5 aliphatic carbocycles. The monoisotopic (exact) mass is 891 g/mol. The third-order valence-corrected chi connectivity index (χ3v) is 18.3. The molecule has 0 spiro atoms. The highest BCUT2D eigenvalue weighted by Crippen LogP contribution is 2.75. The van der Waals surface area contributed by atoms with Crippen molar-refractivity contribution in [1.82, 2.24) is 10.6 Å². The van der Waals surface area contributed by atoms with Crippen LogP contribution in [0.2, 0.25) is 0 Å². The number of carbonyl (C=O) groups is 3. The Morgan fingerprint density at radius 2 is 1.32 bits per heavy atom. The van der Waals surface area contributed by atoms with Gasteiger partial charge in [0.15, 0.2) is 30.6 Å². The topological polar surface area (TPSA) is 234 Å². The molecule has 0 aromatic carbocycles. The largest absolute Gasteiger partial charge is 0.396 e. The maximum absolute atomic E-state index is 15.0. The van der Waals surface area contributed by atoms with Crippen LogP contribution >= 0.6 is 0 Å². The molecule has 0 aromatic rings. The number of amides is 2. The normalized spacial score (nSPS) is 49.3. The number of aliphatic hydroxyl groups excluding tert-OH is 6. The predicted molar refractivity (Wildman–Crippen MR) is 230 cm³/mol. The van der Waals surface area contributed by atoms with Gasteiger partial charge in [0, 0.05) is 25.6 Å². The summed E-state index contributed by atoms with van der Waals surface area (Å²) in [4.78, 5) is 41.4. The van der Waals surface area contributed by atoms with Gasteiger partial charge in [-0.25, -0.2) is 0 Å². The van der Waals surface area contributed by atoms with Gasteiger partial charge in [-0.05, 0) is 121 Å². The zero-order valence-electron chi connectivity index (χ0n) is 39.1. The second kappa shape index (κ2) is 17.6. The van der Waals surface area contributed by atoms with E-state index in [0.29, 0.717) is 32.2 Å². The number of ether oxygens (including phenoxy) is 4. The first kappa shape index (κ1) is 48.9. The molecule has 7 rings (SSSR count). The summed E-state index contributed by atoms with van der Waals surface area (Å²) >= 11 is 0. The van der Waals surface area contributed by atoms with E-state index in [2.05, 4.69) is 59.1 Å². The van der Waals surface area contributed by atoms with Gasteiger partial charge in [0.1, 0.15) is 36.6 Å². The highest BCUT2D eigenvalue weighted by molar-refractivity contribution is 5.95. The molecule has 0 unspecified atom stereocenters. The molecule has 4 saturated carbocycles. The number of fused-ring (bicyclic) bond motifs is 7. The summed E-state index contributed by atoms with van der Waals surface area (Å²) in [5, 5.41) is 71.4. The smallest absolute Gasteiger partial charge is 0.252 e. The number of rotatable bonds is 11. The van der Waals surface area contributed by atoms with Gasteiger partial charge in [0.25, 0.3) is 11.8 Å². The zero-order valence-corrected chi connectivity index (χ0v) is 39.1. The summed E-state index contributed by atoms with van der Waals surface area (Å²) in [6.07, 6.45) is -6.75. The van der Waals surface area contributed by atoms with E-state index in [1.54, 1.807) is 0 Å². The molecule has 2 aliphatic heterocycles. The summed E-state index contributed by atoms with van der Waals surface area (Å²) in [5.41, 5.74) is -0.268. The van der Waals surface area contributed by atoms with Crippen molar-refractivity contribution in [3.05, 3.63) is 11.6 Å². The van der Waals surface area contributed by atoms with Crippen LogP contribution < -0.4 is 10.6 Å². The molecule has 0 radical (unpaired) electrons. The molecule has 0 bridgehead atoms. The highest BCUT2D eigenvalue weighted by atomic mass is 16.8. The lowest BCUT2D eigenvalue weighted by molar-refractivity contribution is -0.369. The van der Waals surface area contributed by atoms with Gasteiger partial charge >= 0.3 is 0 Å². The Bertz CT molecular complexity index is 1760. The first-order chi connectivity index (χ1) is 29.5. The van der Waals surface area contributed by atoms with Crippen molar-refractivity contribution in [2.75, 3.05) is 19.7 Å². The molecule has 63 heavy (non-hydrogen) atoms. The summed E-state index contributed by atoms with van der Waals surface area (Å²) in [7, 11) is 0. The van der Waals surface area contributed by atoms with Crippen molar-refractivity contribution >= 4 is 17.6 Å². The molecule has 358 valence electrons. The van der Waals surface area contributed by atoms with Gasteiger partial charge in [-0.3, -0.25) is 14.4 Å². The second-order valence-corrected chi connectivity index (χ2v) is 22.6. The second-order valence-electron chi connectivity index (χ2n) is 22.6. The maximum Gasteiger partial charge on any atom is 0.252 e. The maximum atomic E-state index is 15.0. The summed E-state index contributed by atoms with van der Waals surface area (Å²) in [6, 6.07) is 0. The molecule has 15 nitrogen and oxygen atoms in total. The highest BCUT2D eigenvalue weighted by Gasteiger charge is 2.70. The molecule has 8 N–H and O–H groups in total. The van der Waals surface area contributed by atoms with E-state index in [1.807, 2.05) is 19.9 Å². The number of nitrogens with one attached hydrogen (secondary N) is 2. The van der Waals surface area contributed by atoms with Gasteiger partial charge < -0.3 is 60.2 Å². The Hall–Kier alpha value is -2.05. The average molecular weight is 891 g/mol. The Morgan fingerprint density at radius 1 is 0.730 bits per heavy atom. The van der Waals surface area contributed by atoms with E-state index >= 15 is 0 Å². The molecule has 2 saturated heterocycles. The summed E-state index contributed by atoms with van der Waals surface area (Å²) < 4.78 is 25.0.